The summed E-state index contributed by atoms with van der Waals surface area (Å²) in [6, 6.07) is 0. The summed E-state index contributed by atoms with van der Waals surface area (Å²) in [5, 5.41) is 0. The van der Waals surface area contributed by atoms with Gasteiger partial charge in [-0.25, -0.2) is 0 Å². The van der Waals surface area contributed by atoms with Gasteiger partial charge in [-0.3, -0.25) is 4.79 Å². The van der Waals surface area contributed by atoms with E-state index in [1.807, 2.05) is 0 Å². The van der Waals surface area contributed by atoms with Crippen LogP contribution in [0.4, 0.5) is 0 Å². The highest BCUT2D eigenvalue weighted by atomic mass is 16.1. The van der Waals surface area contributed by atoms with Crippen molar-refractivity contribution in [3.63, 3.8) is 0 Å². The molecule has 13 heavy (non-hydrogen) atoms. The zero-order valence-corrected chi connectivity index (χ0v) is 8.76. The number of rotatable bonds is 0. The number of hydrogen-bond acceptors (Lipinski definition) is 1. The van der Waals surface area contributed by atoms with Crippen molar-refractivity contribution in [2.75, 3.05) is 0 Å². The molecule has 0 bridgehead atoms. The van der Waals surface area contributed by atoms with Crippen LogP contribution >= 0.6 is 0 Å². The standard InChI is InChI=1S/C12H18O/c1-11(2)7-4-8-10(13)6-12(8,3)5-9(7)11/h7-9H,4-6H2,1-3H3. The molecule has 4 atom stereocenters. The summed E-state index contributed by atoms with van der Waals surface area (Å²) in [4.78, 5) is 11.4. The maximum absolute atomic E-state index is 11.4. The van der Waals surface area contributed by atoms with Crippen LogP contribution in [0, 0.1) is 28.6 Å². The monoisotopic (exact) mass is 178 g/mol. The van der Waals surface area contributed by atoms with E-state index in [0.29, 0.717) is 22.5 Å². The maximum atomic E-state index is 11.4. The fourth-order valence-electron chi connectivity index (χ4n) is 4.02. The van der Waals surface area contributed by atoms with Crippen molar-refractivity contribution in [2.24, 2.45) is 28.6 Å². The van der Waals surface area contributed by atoms with E-state index in [1.54, 1.807) is 0 Å². The smallest absolute Gasteiger partial charge is 0.137 e. The van der Waals surface area contributed by atoms with E-state index in [2.05, 4.69) is 20.8 Å². The number of hydrogen-bond donors (Lipinski definition) is 0. The predicted octanol–water partition coefficient (Wildman–Crippen LogP) is 2.65. The molecule has 0 aromatic rings. The molecule has 4 unspecified atom stereocenters. The first-order chi connectivity index (χ1) is 5.95. The van der Waals surface area contributed by atoms with Gasteiger partial charge >= 0.3 is 0 Å². The predicted molar refractivity (Wildman–Crippen MR) is 51.2 cm³/mol. The summed E-state index contributed by atoms with van der Waals surface area (Å²) in [6.45, 7) is 7.07. The van der Waals surface area contributed by atoms with Crippen LogP contribution in [0.15, 0.2) is 0 Å². The molecule has 0 aromatic carbocycles. The first kappa shape index (κ1) is 8.02. The first-order valence-electron chi connectivity index (χ1n) is 5.48. The van der Waals surface area contributed by atoms with E-state index in [0.717, 1.165) is 18.3 Å². The van der Waals surface area contributed by atoms with Gasteiger partial charge in [0.25, 0.3) is 0 Å². The van der Waals surface area contributed by atoms with Crippen LogP contribution in [-0.2, 0) is 4.79 Å². The van der Waals surface area contributed by atoms with Crippen molar-refractivity contribution in [3.8, 4) is 0 Å². The van der Waals surface area contributed by atoms with Crippen LogP contribution in [0.5, 0.6) is 0 Å². The second-order valence-corrected chi connectivity index (χ2v) is 6.32. The molecule has 3 fully saturated rings. The molecule has 3 aliphatic rings. The van der Waals surface area contributed by atoms with Gasteiger partial charge < -0.3 is 0 Å². The Morgan fingerprint density at radius 2 is 1.92 bits per heavy atom. The molecule has 0 aromatic heterocycles. The van der Waals surface area contributed by atoms with Gasteiger partial charge in [-0.2, -0.15) is 0 Å². The molecule has 1 heteroatoms. The molecule has 72 valence electrons. The maximum Gasteiger partial charge on any atom is 0.137 e. The lowest BCUT2D eigenvalue weighted by molar-refractivity contribution is -0.145. The number of carbonyl (C=O) groups excluding carboxylic acids is 1. The Labute approximate surface area is 79.9 Å². The van der Waals surface area contributed by atoms with Gasteiger partial charge in [0.15, 0.2) is 0 Å². The van der Waals surface area contributed by atoms with Gasteiger partial charge in [0.2, 0.25) is 0 Å². The molecular weight excluding hydrogens is 160 g/mol. The largest absolute Gasteiger partial charge is 0.299 e. The van der Waals surface area contributed by atoms with Crippen LogP contribution in [0.2, 0.25) is 0 Å². The highest BCUT2D eigenvalue weighted by Crippen LogP contribution is 2.72. The third kappa shape index (κ3) is 0.769. The lowest BCUT2D eigenvalue weighted by atomic mass is 9.54. The summed E-state index contributed by atoms with van der Waals surface area (Å²) in [6.07, 6.45) is 3.39. The highest BCUT2D eigenvalue weighted by Gasteiger charge is 2.67. The molecule has 0 spiro atoms. The van der Waals surface area contributed by atoms with Gasteiger partial charge in [0.1, 0.15) is 5.78 Å². The van der Waals surface area contributed by atoms with Gasteiger partial charge in [-0.15, -0.1) is 0 Å². The summed E-state index contributed by atoms with van der Waals surface area (Å²) in [5.74, 6) is 2.79. The second kappa shape index (κ2) is 1.87. The Kier molecular flexibility index (Phi) is 1.15. The van der Waals surface area contributed by atoms with E-state index in [9.17, 15) is 4.79 Å². The first-order valence-corrected chi connectivity index (χ1v) is 5.48. The van der Waals surface area contributed by atoms with Crippen molar-refractivity contribution in [3.05, 3.63) is 0 Å². The number of ketones is 1. The quantitative estimate of drug-likeness (QED) is 0.557. The molecule has 0 N–H and O–H groups in total. The summed E-state index contributed by atoms with van der Waals surface area (Å²) in [5.41, 5.74) is 0.965. The van der Waals surface area contributed by atoms with Crippen LogP contribution in [0.25, 0.3) is 0 Å². The van der Waals surface area contributed by atoms with E-state index < -0.39 is 0 Å². The average Bonchev–Trinajstić information content (AvgIpc) is 2.50. The SMILES string of the molecule is CC12CC(=O)C1CC1C(C2)C1(C)C. The summed E-state index contributed by atoms with van der Waals surface area (Å²) < 4.78 is 0. The minimum atomic E-state index is 0.409. The Hall–Kier alpha value is -0.330. The van der Waals surface area contributed by atoms with Gasteiger partial charge in [0.05, 0.1) is 0 Å². The minimum Gasteiger partial charge on any atom is -0.299 e. The summed E-state index contributed by atoms with van der Waals surface area (Å²) in [7, 11) is 0. The molecule has 3 aliphatic carbocycles. The van der Waals surface area contributed by atoms with E-state index in [-0.39, 0.29) is 0 Å². The van der Waals surface area contributed by atoms with Crippen molar-refractivity contribution in [1.29, 1.82) is 0 Å². The molecule has 0 saturated heterocycles. The molecule has 3 saturated carbocycles. The van der Waals surface area contributed by atoms with Crippen molar-refractivity contribution in [1.82, 2.24) is 0 Å². The van der Waals surface area contributed by atoms with E-state index >= 15 is 0 Å². The topological polar surface area (TPSA) is 17.1 Å². The van der Waals surface area contributed by atoms with Crippen LogP contribution in [0.1, 0.15) is 40.0 Å². The zero-order valence-electron chi connectivity index (χ0n) is 8.76. The summed E-state index contributed by atoms with van der Waals surface area (Å²) >= 11 is 0. The van der Waals surface area contributed by atoms with Gasteiger partial charge in [-0.05, 0) is 35.5 Å². The highest BCUT2D eigenvalue weighted by molar-refractivity contribution is 5.89. The minimum absolute atomic E-state index is 0.409. The fourth-order valence-corrected chi connectivity index (χ4v) is 4.02. The van der Waals surface area contributed by atoms with Crippen molar-refractivity contribution >= 4 is 5.78 Å². The molecule has 1 nitrogen and oxygen atoms in total. The fraction of sp³-hybridized carbons (Fsp3) is 0.917. The Morgan fingerprint density at radius 1 is 1.23 bits per heavy atom. The molecule has 0 aliphatic heterocycles. The average molecular weight is 178 g/mol. The molecule has 3 rings (SSSR count). The lowest BCUT2D eigenvalue weighted by Gasteiger charge is -2.48. The molecule has 0 amide bonds. The Balaban J connectivity index is 1.87. The zero-order chi connectivity index (χ0) is 9.43. The van der Waals surface area contributed by atoms with Gasteiger partial charge in [0, 0.05) is 12.3 Å². The molecule has 0 radical (unpaired) electrons. The molecular formula is C12H18O. The number of fused-ring (bicyclic) bond motifs is 2. The van der Waals surface area contributed by atoms with E-state index in [1.165, 1.54) is 12.8 Å². The Bertz CT molecular complexity index is 291. The number of Topliss-reactive ketones (excluding diaryl/α,β-unsaturated/α-hetero) is 1. The Morgan fingerprint density at radius 3 is 2.54 bits per heavy atom. The second-order valence-electron chi connectivity index (χ2n) is 6.32. The van der Waals surface area contributed by atoms with Crippen molar-refractivity contribution in [2.45, 2.75) is 40.0 Å². The van der Waals surface area contributed by atoms with Crippen LogP contribution in [-0.4, -0.2) is 5.78 Å². The van der Waals surface area contributed by atoms with Gasteiger partial charge in [-0.1, -0.05) is 20.8 Å². The van der Waals surface area contributed by atoms with E-state index in [4.69, 9.17) is 0 Å². The van der Waals surface area contributed by atoms with Crippen LogP contribution in [0.3, 0.4) is 0 Å². The third-order valence-corrected chi connectivity index (χ3v) is 5.27. The number of carbonyl (C=O) groups is 1. The van der Waals surface area contributed by atoms with Crippen LogP contribution < -0.4 is 0 Å². The normalized spacial score (nSPS) is 56.2. The lowest BCUT2D eigenvalue weighted by Crippen LogP contribution is -2.48. The van der Waals surface area contributed by atoms with Crippen molar-refractivity contribution < 1.29 is 4.79 Å². The molecule has 0 heterocycles. The third-order valence-electron chi connectivity index (χ3n) is 5.27.